The van der Waals surface area contributed by atoms with Crippen LogP contribution in [0.25, 0.3) is 28.3 Å². The minimum atomic E-state index is -0.215. The molecule has 0 aliphatic carbocycles. The van der Waals surface area contributed by atoms with Crippen molar-refractivity contribution in [3.05, 3.63) is 78.5 Å². The number of nitrogens with zero attached hydrogens (tertiary/aromatic N) is 4. The van der Waals surface area contributed by atoms with E-state index in [1.807, 2.05) is 24.5 Å². The van der Waals surface area contributed by atoms with Crippen LogP contribution >= 0.6 is 0 Å². The van der Waals surface area contributed by atoms with E-state index in [2.05, 4.69) is 54.8 Å². The Balaban J connectivity index is 1.32. The van der Waals surface area contributed by atoms with Gasteiger partial charge in [0.25, 0.3) is 0 Å². The average Bonchev–Trinajstić information content (AvgIpc) is 3.57. The van der Waals surface area contributed by atoms with Crippen molar-refractivity contribution in [2.75, 3.05) is 18.0 Å². The summed E-state index contributed by atoms with van der Waals surface area (Å²) in [6.45, 7) is 3.01. The summed E-state index contributed by atoms with van der Waals surface area (Å²) in [4.78, 5) is 7.27. The predicted molar refractivity (Wildman–Crippen MR) is 124 cm³/mol. The minimum Gasteiger partial charge on any atom is -0.367 e. The molecular formula is C26H24FN5. The molecule has 5 nitrogen and oxygen atoms in total. The maximum Gasteiger partial charge on any atom is 0.161 e. The molecule has 2 aromatic heterocycles. The summed E-state index contributed by atoms with van der Waals surface area (Å²) in [5.74, 6) is 0.722. The predicted octanol–water partition coefficient (Wildman–Crippen LogP) is 4.45. The average molecular weight is 426 g/mol. The number of benzene rings is 2. The van der Waals surface area contributed by atoms with Gasteiger partial charge >= 0.3 is 0 Å². The van der Waals surface area contributed by atoms with Crippen molar-refractivity contribution in [1.29, 1.82) is 0 Å². The van der Waals surface area contributed by atoms with Crippen LogP contribution in [-0.2, 0) is 6.54 Å². The maximum atomic E-state index is 13.4. The number of hydrogen-bond acceptors (Lipinski definition) is 3. The molecule has 2 atom stereocenters. The highest BCUT2D eigenvalue weighted by molar-refractivity contribution is 5.72. The molecule has 3 aliphatic rings. The Morgan fingerprint density at radius 2 is 1.91 bits per heavy atom. The van der Waals surface area contributed by atoms with Crippen LogP contribution in [0.2, 0.25) is 0 Å². The van der Waals surface area contributed by atoms with E-state index < -0.39 is 0 Å². The van der Waals surface area contributed by atoms with E-state index in [1.165, 1.54) is 41.9 Å². The first-order valence-electron chi connectivity index (χ1n) is 11.4. The van der Waals surface area contributed by atoms with E-state index in [-0.39, 0.29) is 5.82 Å². The number of aromatic nitrogens is 3. The zero-order valence-electron chi connectivity index (χ0n) is 17.7. The molecule has 6 heteroatoms. The van der Waals surface area contributed by atoms with E-state index >= 15 is 0 Å². The van der Waals surface area contributed by atoms with Gasteiger partial charge in [0.2, 0.25) is 0 Å². The van der Waals surface area contributed by atoms with Gasteiger partial charge in [-0.05, 0) is 66.9 Å². The SMILES string of the molecule is Fc1ccc(-c2cc3n(c2)Cc2cc(N4CC[C@H]5NCCC54)ccc2-n2ccnc2-3)cc1. The fourth-order valence-electron chi connectivity index (χ4n) is 5.80. The summed E-state index contributed by atoms with van der Waals surface area (Å²) in [7, 11) is 0. The largest absolute Gasteiger partial charge is 0.367 e. The second kappa shape index (κ2) is 6.81. The Hall–Kier alpha value is -3.38. The number of imidazole rings is 1. The minimum absolute atomic E-state index is 0.215. The summed E-state index contributed by atoms with van der Waals surface area (Å²) in [6, 6.07) is 17.0. The molecule has 1 unspecified atom stereocenters. The van der Waals surface area contributed by atoms with Crippen molar-refractivity contribution >= 4 is 5.69 Å². The van der Waals surface area contributed by atoms with E-state index in [0.717, 1.165) is 42.3 Å². The fourth-order valence-corrected chi connectivity index (χ4v) is 5.80. The number of rotatable bonds is 2. The third-order valence-corrected chi connectivity index (χ3v) is 7.33. The quantitative estimate of drug-likeness (QED) is 0.454. The standard InChI is InChI=1S/C26H24FN5/c27-20-3-1-17(2-4-20)18-14-25-26-29-10-12-32(26)23-6-5-21(13-19(23)16-30(25)15-18)31-11-8-22-24(31)7-9-28-22/h1-6,10,12-15,22,24,28H,7-9,11,16H2/t22-,24?/m1/s1. The second-order valence-corrected chi connectivity index (χ2v) is 9.08. The molecule has 0 amide bonds. The number of nitrogens with one attached hydrogen (secondary N) is 1. The van der Waals surface area contributed by atoms with Crippen LogP contribution in [0.1, 0.15) is 18.4 Å². The molecule has 0 saturated carbocycles. The number of anilines is 1. The second-order valence-electron chi connectivity index (χ2n) is 9.08. The molecular weight excluding hydrogens is 401 g/mol. The lowest BCUT2D eigenvalue weighted by Gasteiger charge is -2.26. The van der Waals surface area contributed by atoms with Gasteiger partial charge in [0, 0.05) is 55.0 Å². The lowest BCUT2D eigenvalue weighted by molar-refractivity contribution is 0.601. The summed E-state index contributed by atoms with van der Waals surface area (Å²) in [6.07, 6.45) is 8.51. The van der Waals surface area contributed by atoms with Crippen LogP contribution in [0.3, 0.4) is 0 Å². The van der Waals surface area contributed by atoms with Crippen molar-refractivity contribution in [1.82, 2.24) is 19.4 Å². The molecule has 2 aromatic carbocycles. The van der Waals surface area contributed by atoms with Gasteiger partial charge in [-0.25, -0.2) is 9.37 Å². The summed E-state index contributed by atoms with van der Waals surface area (Å²) in [5.41, 5.74) is 6.96. The van der Waals surface area contributed by atoms with Gasteiger partial charge in [0.1, 0.15) is 5.82 Å². The molecule has 0 radical (unpaired) electrons. The summed E-state index contributed by atoms with van der Waals surface area (Å²) < 4.78 is 17.9. The lowest BCUT2D eigenvalue weighted by atomic mass is 10.1. The molecule has 5 heterocycles. The Kier molecular flexibility index (Phi) is 3.88. The molecule has 0 bridgehead atoms. The van der Waals surface area contributed by atoms with Crippen LogP contribution in [-0.4, -0.2) is 39.3 Å². The van der Waals surface area contributed by atoms with Gasteiger partial charge in [-0.2, -0.15) is 0 Å². The molecule has 2 saturated heterocycles. The van der Waals surface area contributed by atoms with Gasteiger partial charge in [-0.3, -0.25) is 4.57 Å². The molecule has 3 aliphatic heterocycles. The summed E-state index contributed by atoms with van der Waals surface area (Å²) >= 11 is 0. The van der Waals surface area contributed by atoms with Crippen molar-refractivity contribution in [3.63, 3.8) is 0 Å². The zero-order valence-corrected chi connectivity index (χ0v) is 17.7. The van der Waals surface area contributed by atoms with Gasteiger partial charge in [-0.15, -0.1) is 0 Å². The molecule has 7 rings (SSSR count). The summed E-state index contributed by atoms with van der Waals surface area (Å²) in [5, 5.41) is 3.65. The van der Waals surface area contributed by atoms with Crippen molar-refractivity contribution < 1.29 is 4.39 Å². The van der Waals surface area contributed by atoms with Gasteiger partial charge in [-0.1, -0.05) is 12.1 Å². The maximum absolute atomic E-state index is 13.4. The van der Waals surface area contributed by atoms with Crippen LogP contribution in [0.15, 0.2) is 67.1 Å². The highest BCUT2D eigenvalue weighted by Gasteiger charge is 2.37. The number of halogens is 1. The van der Waals surface area contributed by atoms with Crippen LogP contribution in [0, 0.1) is 5.82 Å². The van der Waals surface area contributed by atoms with E-state index in [4.69, 9.17) is 0 Å². The zero-order chi connectivity index (χ0) is 21.2. The molecule has 32 heavy (non-hydrogen) atoms. The third kappa shape index (κ3) is 2.69. The van der Waals surface area contributed by atoms with E-state index in [9.17, 15) is 4.39 Å². The van der Waals surface area contributed by atoms with Gasteiger partial charge < -0.3 is 14.8 Å². The molecule has 2 fully saturated rings. The number of hydrogen-bond donors (Lipinski definition) is 1. The van der Waals surface area contributed by atoms with Crippen molar-refractivity contribution in [2.45, 2.75) is 31.5 Å². The third-order valence-electron chi connectivity index (χ3n) is 7.33. The number of fused-ring (bicyclic) bond motifs is 6. The van der Waals surface area contributed by atoms with Crippen LogP contribution in [0.4, 0.5) is 10.1 Å². The van der Waals surface area contributed by atoms with E-state index in [1.54, 1.807) is 0 Å². The van der Waals surface area contributed by atoms with Gasteiger partial charge in [0.15, 0.2) is 5.82 Å². The smallest absolute Gasteiger partial charge is 0.161 e. The van der Waals surface area contributed by atoms with Crippen molar-refractivity contribution in [3.8, 4) is 28.3 Å². The Bertz CT molecular complexity index is 1320. The Labute approximate surface area is 186 Å². The van der Waals surface area contributed by atoms with Gasteiger partial charge in [0.05, 0.1) is 11.4 Å². The Morgan fingerprint density at radius 1 is 1.00 bits per heavy atom. The van der Waals surface area contributed by atoms with Crippen LogP contribution in [0.5, 0.6) is 0 Å². The van der Waals surface area contributed by atoms with E-state index in [0.29, 0.717) is 12.1 Å². The molecule has 160 valence electrons. The lowest BCUT2D eigenvalue weighted by Crippen LogP contribution is -2.34. The fraction of sp³-hybridized carbons (Fsp3) is 0.269. The van der Waals surface area contributed by atoms with Crippen molar-refractivity contribution in [2.24, 2.45) is 0 Å². The normalized spacial score (nSPS) is 21.1. The molecule has 4 aromatic rings. The first-order valence-corrected chi connectivity index (χ1v) is 11.4. The molecule has 1 N–H and O–H groups in total. The monoisotopic (exact) mass is 425 g/mol. The molecule has 0 spiro atoms. The first-order chi connectivity index (χ1) is 15.7. The topological polar surface area (TPSA) is 38.0 Å². The first kappa shape index (κ1) is 18.2. The highest BCUT2D eigenvalue weighted by Crippen LogP contribution is 2.37. The Morgan fingerprint density at radius 3 is 2.81 bits per heavy atom. The highest BCUT2D eigenvalue weighted by atomic mass is 19.1. The van der Waals surface area contributed by atoms with Crippen LogP contribution < -0.4 is 10.2 Å².